The lowest BCUT2D eigenvalue weighted by Crippen LogP contribution is -2.27. The summed E-state index contributed by atoms with van der Waals surface area (Å²) >= 11 is 0. The Balaban J connectivity index is 2.14. The van der Waals surface area contributed by atoms with E-state index in [1.54, 1.807) is 32.9 Å². The molecule has 128 valence electrons. The Kier molecular flexibility index (Phi) is 5.46. The molecule has 2 rings (SSSR count). The molecule has 2 aromatic rings. The van der Waals surface area contributed by atoms with E-state index in [1.807, 2.05) is 0 Å². The number of aromatic nitrogens is 2. The van der Waals surface area contributed by atoms with Crippen LogP contribution in [-0.2, 0) is 11.2 Å². The molecule has 0 saturated carbocycles. The number of amides is 1. The third kappa shape index (κ3) is 4.99. The summed E-state index contributed by atoms with van der Waals surface area (Å²) in [5.41, 5.74) is 0.460. The Morgan fingerprint density at radius 3 is 2.79 bits per heavy atom. The molecule has 0 spiro atoms. The quantitative estimate of drug-likeness (QED) is 0.839. The Bertz CT molecular complexity index is 716. The number of anilines is 1. The van der Waals surface area contributed by atoms with Gasteiger partial charge in [-0.25, -0.2) is 9.78 Å². The average Bonchev–Trinajstić information content (AvgIpc) is 2.47. The van der Waals surface area contributed by atoms with Crippen LogP contribution in [0.2, 0.25) is 0 Å². The van der Waals surface area contributed by atoms with Crippen LogP contribution in [0.15, 0.2) is 36.8 Å². The van der Waals surface area contributed by atoms with Crippen LogP contribution in [0.1, 0.15) is 38.0 Å². The van der Waals surface area contributed by atoms with Crippen molar-refractivity contribution in [3.8, 4) is 0 Å². The highest BCUT2D eigenvalue weighted by Gasteiger charge is 2.19. The average molecular weight is 333 g/mol. The molecule has 24 heavy (non-hydrogen) atoms. The number of nitrogens with one attached hydrogen (secondary N) is 1. The highest BCUT2D eigenvalue weighted by molar-refractivity contribution is 5.85. The van der Waals surface area contributed by atoms with Crippen molar-refractivity contribution in [3.05, 3.63) is 53.9 Å². The zero-order chi connectivity index (χ0) is 17.7. The molecule has 0 aromatic carbocycles. The van der Waals surface area contributed by atoms with Gasteiger partial charge in [-0.05, 0) is 38.5 Å². The number of nitrogens with zero attached hydrogens (tertiary/aromatic N) is 2. The molecule has 7 heteroatoms. The first-order valence-corrected chi connectivity index (χ1v) is 7.47. The molecule has 0 fully saturated rings. The van der Waals surface area contributed by atoms with Gasteiger partial charge in [-0.1, -0.05) is 6.07 Å². The molecule has 0 aliphatic carbocycles. The van der Waals surface area contributed by atoms with Crippen molar-refractivity contribution in [2.75, 3.05) is 5.32 Å². The monoisotopic (exact) mass is 333 g/mol. The van der Waals surface area contributed by atoms with Crippen molar-refractivity contribution < 1.29 is 19.0 Å². The minimum Gasteiger partial charge on any atom is -0.444 e. The lowest BCUT2D eigenvalue weighted by Gasteiger charge is -2.20. The first kappa shape index (κ1) is 17.8. The minimum absolute atomic E-state index is 0.0710. The number of aliphatic hydroxyl groups is 1. The largest absolute Gasteiger partial charge is 0.444 e. The predicted molar refractivity (Wildman–Crippen MR) is 87.0 cm³/mol. The SMILES string of the molecule is CC(C)(C)OC(=O)Nc1ccncc1C[C@H](O)c1cccnc1F. The van der Waals surface area contributed by atoms with Crippen molar-refractivity contribution >= 4 is 11.8 Å². The number of carbonyl (C=O) groups excluding carboxylic acids is 1. The van der Waals surface area contributed by atoms with Crippen LogP contribution in [0.3, 0.4) is 0 Å². The number of hydrogen-bond donors (Lipinski definition) is 2. The lowest BCUT2D eigenvalue weighted by molar-refractivity contribution is 0.0635. The van der Waals surface area contributed by atoms with E-state index in [9.17, 15) is 14.3 Å². The second kappa shape index (κ2) is 7.35. The van der Waals surface area contributed by atoms with Crippen molar-refractivity contribution in [3.63, 3.8) is 0 Å². The number of ether oxygens (including phenoxy) is 1. The smallest absolute Gasteiger partial charge is 0.412 e. The molecule has 0 radical (unpaired) electrons. The highest BCUT2D eigenvalue weighted by Crippen LogP contribution is 2.24. The van der Waals surface area contributed by atoms with Gasteiger partial charge in [-0.3, -0.25) is 10.3 Å². The van der Waals surface area contributed by atoms with Gasteiger partial charge >= 0.3 is 6.09 Å². The zero-order valence-electron chi connectivity index (χ0n) is 13.8. The van der Waals surface area contributed by atoms with Crippen molar-refractivity contribution in [2.45, 2.75) is 38.9 Å². The molecule has 6 nitrogen and oxygen atoms in total. The number of carbonyl (C=O) groups is 1. The summed E-state index contributed by atoms with van der Waals surface area (Å²) in [6.07, 6.45) is 2.67. The predicted octanol–water partition coefficient (Wildman–Crippen LogP) is 3.24. The Morgan fingerprint density at radius 1 is 1.38 bits per heavy atom. The highest BCUT2D eigenvalue weighted by atomic mass is 19.1. The first-order chi connectivity index (χ1) is 11.3. The molecule has 2 aromatic heterocycles. The standard InChI is InChI=1S/C17H20FN3O3/c1-17(2,3)24-16(23)21-13-6-8-19-10-11(13)9-14(22)12-5-4-7-20-15(12)18/h4-8,10,14,22H,9H2,1-3H3,(H,19,21,23)/t14-/m0/s1. The van der Waals surface area contributed by atoms with E-state index in [-0.39, 0.29) is 12.0 Å². The molecule has 2 N–H and O–H groups in total. The van der Waals surface area contributed by atoms with E-state index in [0.29, 0.717) is 11.3 Å². The van der Waals surface area contributed by atoms with Gasteiger partial charge in [-0.2, -0.15) is 4.39 Å². The number of rotatable bonds is 4. The zero-order valence-corrected chi connectivity index (χ0v) is 13.8. The van der Waals surface area contributed by atoms with Crippen LogP contribution < -0.4 is 5.32 Å². The van der Waals surface area contributed by atoms with Crippen LogP contribution in [0, 0.1) is 5.95 Å². The van der Waals surface area contributed by atoms with Crippen LogP contribution in [0.5, 0.6) is 0 Å². The van der Waals surface area contributed by atoms with Gasteiger partial charge in [0.1, 0.15) is 5.60 Å². The van der Waals surface area contributed by atoms with E-state index in [1.165, 1.54) is 24.7 Å². The summed E-state index contributed by atoms with van der Waals surface area (Å²) in [6, 6.07) is 4.60. The summed E-state index contributed by atoms with van der Waals surface area (Å²) in [4.78, 5) is 19.4. The van der Waals surface area contributed by atoms with E-state index < -0.39 is 23.7 Å². The second-order valence-electron chi connectivity index (χ2n) is 6.26. The van der Waals surface area contributed by atoms with Crippen LogP contribution in [0.4, 0.5) is 14.9 Å². The number of pyridine rings is 2. The molecular weight excluding hydrogens is 313 g/mol. The van der Waals surface area contributed by atoms with Gasteiger partial charge in [0.25, 0.3) is 0 Å². The summed E-state index contributed by atoms with van der Waals surface area (Å²) in [5.74, 6) is -0.726. The van der Waals surface area contributed by atoms with Gasteiger partial charge in [-0.15, -0.1) is 0 Å². The Hall–Kier alpha value is -2.54. The Morgan fingerprint density at radius 2 is 2.12 bits per heavy atom. The minimum atomic E-state index is -1.11. The van der Waals surface area contributed by atoms with Gasteiger partial charge in [0.15, 0.2) is 0 Å². The van der Waals surface area contributed by atoms with E-state index >= 15 is 0 Å². The number of aliphatic hydroxyl groups excluding tert-OH is 1. The first-order valence-electron chi connectivity index (χ1n) is 7.47. The lowest BCUT2D eigenvalue weighted by atomic mass is 10.0. The number of hydrogen-bond acceptors (Lipinski definition) is 5. The fourth-order valence-corrected chi connectivity index (χ4v) is 2.09. The van der Waals surface area contributed by atoms with Crippen molar-refractivity contribution in [1.82, 2.24) is 9.97 Å². The molecular formula is C17H20FN3O3. The molecule has 0 unspecified atom stereocenters. The van der Waals surface area contributed by atoms with Crippen LogP contribution in [0.25, 0.3) is 0 Å². The fraction of sp³-hybridized carbons (Fsp3) is 0.353. The van der Waals surface area contributed by atoms with E-state index in [0.717, 1.165) is 0 Å². The maximum Gasteiger partial charge on any atom is 0.412 e. The topological polar surface area (TPSA) is 84.3 Å². The van der Waals surface area contributed by atoms with Gasteiger partial charge in [0.05, 0.1) is 11.8 Å². The Labute approximate surface area is 139 Å². The van der Waals surface area contributed by atoms with E-state index in [2.05, 4.69) is 15.3 Å². The molecule has 2 heterocycles. The molecule has 0 bridgehead atoms. The summed E-state index contributed by atoms with van der Waals surface area (Å²) in [6.45, 7) is 5.28. The van der Waals surface area contributed by atoms with Gasteiger partial charge < -0.3 is 9.84 Å². The van der Waals surface area contributed by atoms with Gasteiger partial charge in [0.2, 0.25) is 5.95 Å². The molecule has 1 amide bonds. The summed E-state index contributed by atoms with van der Waals surface area (Å²) in [5, 5.41) is 12.9. The summed E-state index contributed by atoms with van der Waals surface area (Å²) < 4.78 is 18.9. The second-order valence-corrected chi connectivity index (χ2v) is 6.26. The maximum absolute atomic E-state index is 13.7. The molecule has 1 atom stereocenters. The molecule has 0 saturated heterocycles. The van der Waals surface area contributed by atoms with Crippen LogP contribution in [-0.4, -0.2) is 26.8 Å². The van der Waals surface area contributed by atoms with Gasteiger partial charge in [0, 0.05) is 30.6 Å². The summed E-state index contributed by atoms with van der Waals surface area (Å²) in [7, 11) is 0. The third-order valence-corrected chi connectivity index (χ3v) is 3.10. The number of halogens is 1. The third-order valence-electron chi connectivity index (χ3n) is 3.10. The van der Waals surface area contributed by atoms with E-state index in [4.69, 9.17) is 4.74 Å². The molecule has 0 aliphatic heterocycles. The molecule has 0 aliphatic rings. The van der Waals surface area contributed by atoms with Crippen molar-refractivity contribution in [1.29, 1.82) is 0 Å². The maximum atomic E-state index is 13.7. The fourth-order valence-electron chi connectivity index (χ4n) is 2.09. The van der Waals surface area contributed by atoms with Crippen LogP contribution >= 0.6 is 0 Å². The normalized spacial score (nSPS) is 12.5. The van der Waals surface area contributed by atoms with Crippen molar-refractivity contribution in [2.24, 2.45) is 0 Å².